The van der Waals surface area contributed by atoms with Crippen LogP contribution in [0.25, 0.3) is 0 Å². The van der Waals surface area contributed by atoms with Gasteiger partial charge in [-0.25, -0.2) is 0 Å². The van der Waals surface area contributed by atoms with Gasteiger partial charge in [-0.2, -0.15) is 0 Å². The normalized spacial score (nSPS) is 10.2. The predicted octanol–water partition coefficient (Wildman–Crippen LogP) is 1.98. The number of furan rings is 1. The first-order valence-electron chi connectivity index (χ1n) is 5.69. The van der Waals surface area contributed by atoms with Crippen LogP contribution in [0.1, 0.15) is 23.7 Å². The zero-order valence-electron chi connectivity index (χ0n) is 10.8. The number of rotatable bonds is 5. The molecule has 5 nitrogen and oxygen atoms in total. The van der Waals surface area contributed by atoms with Gasteiger partial charge in [0.1, 0.15) is 6.54 Å². The van der Waals surface area contributed by atoms with Crippen molar-refractivity contribution in [2.45, 2.75) is 13.3 Å². The van der Waals surface area contributed by atoms with Crippen molar-refractivity contribution in [3.63, 3.8) is 0 Å². The Morgan fingerprint density at radius 3 is 2.50 bits per heavy atom. The molecule has 0 fully saturated rings. The van der Waals surface area contributed by atoms with Crippen LogP contribution >= 0.6 is 15.9 Å². The number of hydrogen-bond donors (Lipinski definition) is 0. The van der Waals surface area contributed by atoms with Crippen molar-refractivity contribution in [2.24, 2.45) is 0 Å². The molecule has 1 rings (SSSR count). The van der Waals surface area contributed by atoms with Crippen molar-refractivity contribution < 1.29 is 14.0 Å². The second-order valence-corrected chi connectivity index (χ2v) is 4.84. The monoisotopic (exact) mass is 316 g/mol. The van der Waals surface area contributed by atoms with E-state index < -0.39 is 0 Å². The summed E-state index contributed by atoms with van der Waals surface area (Å²) in [4.78, 5) is 26.9. The van der Waals surface area contributed by atoms with Crippen molar-refractivity contribution in [1.29, 1.82) is 0 Å². The van der Waals surface area contributed by atoms with Crippen molar-refractivity contribution in [1.82, 2.24) is 9.80 Å². The maximum atomic E-state index is 12.2. The molecule has 0 N–H and O–H groups in total. The Bertz CT molecular complexity index is 429. The van der Waals surface area contributed by atoms with Crippen LogP contribution in [0, 0.1) is 0 Å². The highest BCUT2D eigenvalue weighted by Crippen LogP contribution is 2.19. The molecule has 0 aromatic carbocycles. The fourth-order valence-electron chi connectivity index (χ4n) is 1.44. The van der Waals surface area contributed by atoms with E-state index >= 15 is 0 Å². The quantitative estimate of drug-likeness (QED) is 0.834. The van der Waals surface area contributed by atoms with Crippen molar-refractivity contribution in [3.05, 3.63) is 22.6 Å². The van der Waals surface area contributed by atoms with E-state index in [0.29, 0.717) is 16.8 Å². The lowest BCUT2D eigenvalue weighted by atomic mass is 10.2. The summed E-state index contributed by atoms with van der Waals surface area (Å²) in [6.45, 7) is 2.58. The summed E-state index contributed by atoms with van der Waals surface area (Å²) >= 11 is 3.17. The van der Waals surface area contributed by atoms with Crippen LogP contribution < -0.4 is 0 Å². The van der Waals surface area contributed by atoms with Gasteiger partial charge in [-0.3, -0.25) is 9.59 Å². The SMILES string of the molecule is CCCN(CC(=O)N(C)C)C(=O)c1ccoc1Br. The van der Waals surface area contributed by atoms with Crippen LogP contribution in [0.2, 0.25) is 0 Å². The summed E-state index contributed by atoms with van der Waals surface area (Å²) in [5.41, 5.74) is 0.440. The van der Waals surface area contributed by atoms with Crippen LogP contribution in [0.3, 0.4) is 0 Å². The summed E-state index contributed by atoms with van der Waals surface area (Å²) in [5, 5.41) is 0. The Kier molecular flexibility index (Phi) is 5.40. The Morgan fingerprint density at radius 1 is 1.39 bits per heavy atom. The Morgan fingerprint density at radius 2 is 2.06 bits per heavy atom. The molecule has 1 aromatic rings. The van der Waals surface area contributed by atoms with Gasteiger partial charge in [0, 0.05) is 20.6 Å². The third-order valence-electron chi connectivity index (χ3n) is 2.45. The summed E-state index contributed by atoms with van der Waals surface area (Å²) in [6, 6.07) is 1.59. The first-order chi connectivity index (χ1) is 8.47. The zero-order valence-corrected chi connectivity index (χ0v) is 12.4. The molecule has 0 unspecified atom stereocenters. The number of hydrogen-bond acceptors (Lipinski definition) is 3. The third-order valence-corrected chi connectivity index (χ3v) is 3.07. The molecule has 0 aliphatic heterocycles. The van der Waals surface area contributed by atoms with Crippen molar-refractivity contribution in [2.75, 3.05) is 27.2 Å². The number of halogens is 1. The minimum Gasteiger partial charge on any atom is -0.457 e. The molecule has 0 aliphatic carbocycles. The molecular formula is C12H17BrN2O3. The maximum Gasteiger partial charge on any atom is 0.258 e. The highest BCUT2D eigenvalue weighted by Gasteiger charge is 2.22. The van der Waals surface area contributed by atoms with Gasteiger partial charge in [0.25, 0.3) is 5.91 Å². The molecule has 100 valence electrons. The van der Waals surface area contributed by atoms with E-state index in [-0.39, 0.29) is 18.4 Å². The molecular weight excluding hydrogens is 300 g/mol. The predicted molar refractivity (Wildman–Crippen MR) is 71.3 cm³/mol. The molecule has 0 saturated heterocycles. The van der Waals surface area contributed by atoms with Crippen LogP contribution in [0.5, 0.6) is 0 Å². The van der Waals surface area contributed by atoms with Gasteiger partial charge in [0.15, 0.2) is 4.67 Å². The topological polar surface area (TPSA) is 53.8 Å². The second kappa shape index (κ2) is 6.58. The van der Waals surface area contributed by atoms with Crippen LogP contribution in [0.15, 0.2) is 21.4 Å². The molecule has 18 heavy (non-hydrogen) atoms. The number of carbonyl (C=O) groups excluding carboxylic acids is 2. The lowest BCUT2D eigenvalue weighted by Crippen LogP contribution is -2.40. The van der Waals surface area contributed by atoms with E-state index in [4.69, 9.17) is 4.42 Å². The molecule has 0 spiro atoms. The smallest absolute Gasteiger partial charge is 0.258 e. The van der Waals surface area contributed by atoms with Crippen LogP contribution in [-0.2, 0) is 4.79 Å². The van der Waals surface area contributed by atoms with Gasteiger partial charge in [0.05, 0.1) is 11.8 Å². The average Bonchev–Trinajstić information content (AvgIpc) is 2.73. The lowest BCUT2D eigenvalue weighted by molar-refractivity contribution is -0.129. The number of carbonyl (C=O) groups is 2. The molecule has 0 aliphatic rings. The van der Waals surface area contributed by atoms with Crippen molar-refractivity contribution >= 4 is 27.7 Å². The standard InChI is InChI=1S/C12H17BrN2O3/c1-4-6-15(8-10(16)14(2)3)12(17)9-5-7-18-11(9)13/h5,7H,4,6,8H2,1-3H3. The molecule has 6 heteroatoms. The van der Waals surface area contributed by atoms with Gasteiger partial charge in [0.2, 0.25) is 5.91 Å². The highest BCUT2D eigenvalue weighted by atomic mass is 79.9. The van der Waals surface area contributed by atoms with E-state index in [1.54, 1.807) is 20.2 Å². The van der Waals surface area contributed by atoms with Gasteiger partial charge < -0.3 is 14.2 Å². The maximum absolute atomic E-state index is 12.2. The first kappa shape index (κ1) is 14.8. The fourth-order valence-corrected chi connectivity index (χ4v) is 1.85. The van der Waals surface area contributed by atoms with Crippen LogP contribution in [-0.4, -0.2) is 48.8 Å². The van der Waals surface area contributed by atoms with E-state index in [1.807, 2.05) is 6.92 Å². The Hall–Kier alpha value is -1.30. The minimum atomic E-state index is -0.201. The fraction of sp³-hybridized carbons (Fsp3) is 0.500. The van der Waals surface area contributed by atoms with E-state index in [1.165, 1.54) is 16.1 Å². The van der Waals surface area contributed by atoms with E-state index in [2.05, 4.69) is 15.9 Å². The summed E-state index contributed by atoms with van der Waals surface area (Å²) in [5.74, 6) is -0.302. The number of nitrogens with zero attached hydrogens (tertiary/aromatic N) is 2. The summed E-state index contributed by atoms with van der Waals surface area (Å²) in [7, 11) is 3.34. The number of amides is 2. The summed E-state index contributed by atoms with van der Waals surface area (Å²) < 4.78 is 5.43. The van der Waals surface area contributed by atoms with E-state index in [9.17, 15) is 9.59 Å². The number of likely N-dealkylation sites (N-methyl/N-ethyl adjacent to an activating group) is 1. The first-order valence-corrected chi connectivity index (χ1v) is 6.49. The van der Waals surface area contributed by atoms with Gasteiger partial charge in [-0.1, -0.05) is 6.92 Å². The van der Waals surface area contributed by atoms with Crippen LogP contribution in [0.4, 0.5) is 0 Å². The minimum absolute atomic E-state index is 0.0806. The molecule has 1 heterocycles. The molecule has 0 bridgehead atoms. The Balaban J connectivity index is 2.82. The molecule has 2 amide bonds. The molecule has 1 aromatic heterocycles. The highest BCUT2D eigenvalue weighted by molar-refractivity contribution is 9.10. The van der Waals surface area contributed by atoms with Crippen molar-refractivity contribution in [3.8, 4) is 0 Å². The van der Waals surface area contributed by atoms with Gasteiger partial charge in [-0.05, 0) is 28.4 Å². The molecule has 0 atom stereocenters. The molecule has 0 radical (unpaired) electrons. The molecule has 0 saturated carbocycles. The summed E-state index contributed by atoms with van der Waals surface area (Å²) in [6.07, 6.45) is 2.23. The third kappa shape index (κ3) is 3.60. The van der Waals surface area contributed by atoms with Gasteiger partial charge >= 0.3 is 0 Å². The van der Waals surface area contributed by atoms with E-state index in [0.717, 1.165) is 6.42 Å². The lowest BCUT2D eigenvalue weighted by Gasteiger charge is -2.22. The second-order valence-electron chi connectivity index (χ2n) is 4.12. The zero-order chi connectivity index (χ0) is 13.7. The van der Waals surface area contributed by atoms with Gasteiger partial charge in [-0.15, -0.1) is 0 Å². The largest absolute Gasteiger partial charge is 0.457 e. The average molecular weight is 317 g/mol. The Labute approximate surface area is 115 Å².